The van der Waals surface area contributed by atoms with E-state index in [2.05, 4.69) is 24.1 Å². The highest BCUT2D eigenvalue weighted by molar-refractivity contribution is 5.94. The van der Waals surface area contributed by atoms with Crippen molar-refractivity contribution >= 4 is 35.3 Å². The minimum atomic E-state index is -0.680. The van der Waals surface area contributed by atoms with Crippen molar-refractivity contribution in [3.63, 3.8) is 0 Å². The van der Waals surface area contributed by atoms with Gasteiger partial charge in [0.25, 0.3) is 0 Å². The van der Waals surface area contributed by atoms with Gasteiger partial charge in [-0.05, 0) is 146 Å². The van der Waals surface area contributed by atoms with Gasteiger partial charge >= 0.3 is 23.9 Å². The molecule has 0 N–H and O–H groups in total. The maximum absolute atomic E-state index is 13.0. The zero-order chi connectivity index (χ0) is 44.9. The summed E-state index contributed by atoms with van der Waals surface area (Å²) in [6, 6.07) is 38.5. The lowest BCUT2D eigenvalue weighted by atomic mass is 10.2. The molecule has 0 atom stereocenters. The van der Waals surface area contributed by atoms with E-state index in [0.29, 0.717) is 41.5 Å². The van der Waals surface area contributed by atoms with Crippen LogP contribution in [0.25, 0.3) is 0 Å². The van der Waals surface area contributed by atoms with E-state index in [1.165, 1.54) is 73.9 Å². The average molecular weight is 863 g/mol. The van der Waals surface area contributed by atoms with Gasteiger partial charge in [0.15, 0.2) is 0 Å². The van der Waals surface area contributed by atoms with Crippen molar-refractivity contribution in [1.82, 2.24) is 0 Å². The topological polar surface area (TPSA) is 148 Å². The number of nitrogens with zero attached hydrogens (tertiary/aromatic N) is 2. The number of hydrogen-bond acceptors (Lipinski definition) is 12. The smallest absolute Gasteiger partial charge is 0.343 e. The summed E-state index contributed by atoms with van der Waals surface area (Å²) >= 11 is 0. The summed E-state index contributed by atoms with van der Waals surface area (Å²) in [7, 11) is 0. The number of azo groups is 1. The van der Waals surface area contributed by atoms with E-state index in [1.807, 2.05) is 24.3 Å². The molecule has 0 spiro atoms. The highest BCUT2D eigenvalue weighted by atomic mass is 16.6. The Morgan fingerprint density at radius 3 is 1.05 bits per heavy atom. The largest absolute Gasteiger partial charge is 0.494 e. The molecular formula is C52H50N2O10. The quantitative estimate of drug-likeness (QED) is 0.0279. The van der Waals surface area contributed by atoms with Crippen LogP contribution < -0.4 is 28.4 Å². The van der Waals surface area contributed by atoms with Crippen LogP contribution in [0.3, 0.4) is 0 Å². The fraction of sp³-hybridized carbons (Fsp3) is 0.231. The third kappa shape index (κ3) is 14.5. The van der Waals surface area contributed by atoms with Crippen molar-refractivity contribution in [3.8, 4) is 34.5 Å². The fourth-order valence-corrected chi connectivity index (χ4v) is 6.10. The first kappa shape index (κ1) is 45.9. The molecule has 6 rings (SSSR count). The minimum Gasteiger partial charge on any atom is -0.494 e. The van der Waals surface area contributed by atoms with Gasteiger partial charge in [0, 0.05) is 6.07 Å². The first-order valence-corrected chi connectivity index (χ1v) is 21.4. The Hall–Kier alpha value is -7.60. The van der Waals surface area contributed by atoms with Crippen molar-refractivity contribution in [2.45, 2.75) is 65.2 Å². The molecule has 0 aromatic heterocycles. The highest BCUT2D eigenvalue weighted by Gasteiger charge is 2.15. The molecule has 12 heteroatoms. The fourth-order valence-electron chi connectivity index (χ4n) is 6.10. The molecule has 0 heterocycles. The van der Waals surface area contributed by atoms with Crippen LogP contribution in [-0.4, -0.2) is 37.1 Å². The summed E-state index contributed by atoms with van der Waals surface area (Å²) in [6.07, 6.45) is 9.01. The van der Waals surface area contributed by atoms with Crippen LogP contribution in [0.2, 0.25) is 0 Å². The van der Waals surface area contributed by atoms with Gasteiger partial charge in [-0.15, -0.1) is 0 Å². The molecule has 0 unspecified atom stereocenters. The standard InChI is InChI=1S/C52H50N2O10/c1-3-5-7-9-34-59-43-26-16-38(17-27-43)50(56)62-46-30-20-40(21-31-46)52(58)64-48-13-11-12-47(36-48)63-51(57)39-18-28-45(29-19-39)61-49(55)37-14-22-41(23-15-37)53-54-42-24-32-44(33-25-42)60-35-10-8-6-4-2/h11-33,36H,3-10,34-35H2,1-2H3. The Kier molecular flexibility index (Phi) is 17.3. The molecule has 12 nitrogen and oxygen atoms in total. The number of benzene rings is 6. The second-order valence-electron chi connectivity index (χ2n) is 14.7. The minimum absolute atomic E-state index is 0.138. The molecule has 0 fully saturated rings. The molecule has 0 saturated heterocycles. The van der Waals surface area contributed by atoms with Crippen molar-refractivity contribution in [3.05, 3.63) is 168 Å². The molecule has 64 heavy (non-hydrogen) atoms. The second kappa shape index (κ2) is 24.1. The van der Waals surface area contributed by atoms with E-state index >= 15 is 0 Å². The average Bonchev–Trinajstić information content (AvgIpc) is 3.32. The Bertz CT molecular complexity index is 2470. The molecule has 0 saturated carbocycles. The molecule has 0 bridgehead atoms. The van der Waals surface area contributed by atoms with Gasteiger partial charge in [-0.25, -0.2) is 19.2 Å². The molecule has 6 aromatic carbocycles. The number of rotatable bonds is 22. The van der Waals surface area contributed by atoms with Crippen molar-refractivity contribution < 1.29 is 47.6 Å². The molecule has 0 aliphatic carbocycles. The molecule has 6 aromatic rings. The van der Waals surface area contributed by atoms with Gasteiger partial charge in [0.05, 0.1) is 46.8 Å². The number of ether oxygens (including phenoxy) is 6. The summed E-state index contributed by atoms with van der Waals surface area (Å²) in [5, 5.41) is 8.52. The number of esters is 4. The zero-order valence-corrected chi connectivity index (χ0v) is 35.9. The predicted octanol–water partition coefficient (Wildman–Crippen LogP) is 12.9. The van der Waals surface area contributed by atoms with Crippen LogP contribution in [0.5, 0.6) is 34.5 Å². The van der Waals surface area contributed by atoms with Gasteiger partial charge in [-0.2, -0.15) is 10.2 Å². The van der Waals surface area contributed by atoms with Gasteiger partial charge in [0.2, 0.25) is 0 Å². The maximum atomic E-state index is 13.0. The highest BCUT2D eigenvalue weighted by Crippen LogP contribution is 2.25. The summed E-state index contributed by atoms with van der Waals surface area (Å²) < 4.78 is 33.5. The summed E-state index contributed by atoms with van der Waals surface area (Å²) in [5.41, 5.74) is 2.29. The molecule has 0 amide bonds. The Balaban J connectivity index is 0.930. The number of unbranched alkanes of at least 4 members (excludes halogenated alkanes) is 6. The van der Waals surface area contributed by atoms with Crippen LogP contribution >= 0.6 is 0 Å². The van der Waals surface area contributed by atoms with E-state index in [4.69, 9.17) is 28.4 Å². The third-order valence-electron chi connectivity index (χ3n) is 9.67. The van der Waals surface area contributed by atoms with E-state index < -0.39 is 23.9 Å². The lowest BCUT2D eigenvalue weighted by Gasteiger charge is -2.09. The van der Waals surface area contributed by atoms with Crippen molar-refractivity contribution in [2.24, 2.45) is 10.2 Å². The summed E-state index contributed by atoms with van der Waals surface area (Å²) in [4.78, 5) is 51.4. The summed E-state index contributed by atoms with van der Waals surface area (Å²) in [6.45, 7) is 5.65. The van der Waals surface area contributed by atoms with Crippen molar-refractivity contribution in [1.29, 1.82) is 0 Å². The van der Waals surface area contributed by atoms with Gasteiger partial charge in [-0.3, -0.25) is 0 Å². The Morgan fingerprint density at radius 2 is 0.672 bits per heavy atom. The van der Waals surface area contributed by atoms with Crippen LogP contribution in [0.4, 0.5) is 11.4 Å². The van der Waals surface area contributed by atoms with Crippen molar-refractivity contribution in [2.75, 3.05) is 13.2 Å². The molecule has 0 aliphatic heterocycles. The van der Waals surface area contributed by atoms with Crippen LogP contribution in [0.1, 0.15) is 107 Å². The van der Waals surface area contributed by atoms with Crippen LogP contribution in [0, 0.1) is 0 Å². The maximum Gasteiger partial charge on any atom is 0.343 e. The first-order chi connectivity index (χ1) is 31.3. The number of carbonyl (C=O) groups excluding carboxylic acids is 4. The lowest BCUT2D eigenvalue weighted by Crippen LogP contribution is -2.11. The SMILES string of the molecule is CCCCCCOc1ccc(N=Nc2ccc(C(=O)Oc3ccc(C(=O)Oc4cccc(OC(=O)c5ccc(OC(=O)c6ccc(OCCCCCC)cc6)cc5)c4)cc3)cc2)cc1. The van der Waals surface area contributed by atoms with E-state index in [1.54, 1.807) is 66.7 Å². The predicted molar refractivity (Wildman–Crippen MR) is 242 cm³/mol. The number of hydrogen-bond donors (Lipinski definition) is 0. The Morgan fingerprint density at radius 1 is 0.359 bits per heavy atom. The van der Waals surface area contributed by atoms with Crippen LogP contribution in [-0.2, 0) is 0 Å². The normalized spacial score (nSPS) is 10.8. The van der Waals surface area contributed by atoms with Crippen LogP contribution in [0.15, 0.2) is 156 Å². The van der Waals surface area contributed by atoms with E-state index in [9.17, 15) is 19.2 Å². The van der Waals surface area contributed by atoms with E-state index in [0.717, 1.165) is 37.9 Å². The second-order valence-corrected chi connectivity index (χ2v) is 14.7. The van der Waals surface area contributed by atoms with E-state index in [-0.39, 0.29) is 34.1 Å². The van der Waals surface area contributed by atoms with Gasteiger partial charge in [-0.1, -0.05) is 58.4 Å². The molecular weight excluding hydrogens is 813 g/mol. The zero-order valence-electron chi connectivity index (χ0n) is 35.9. The molecule has 0 radical (unpaired) electrons. The number of carbonyl (C=O) groups is 4. The van der Waals surface area contributed by atoms with Gasteiger partial charge in [0.1, 0.15) is 34.5 Å². The third-order valence-corrected chi connectivity index (χ3v) is 9.67. The Labute approximate surface area is 372 Å². The lowest BCUT2D eigenvalue weighted by molar-refractivity contribution is 0.0723. The summed E-state index contributed by atoms with van der Waals surface area (Å²) in [5.74, 6) is -0.267. The molecule has 328 valence electrons. The molecule has 0 aliphatic rings. The van der Waals surface area contributed by atoms with Gasteiger partial charge < -0.3 is 28.4 Å². The first-order valence-electron chi connectivity index (χ1n) is 21.4. The monoisotopic (exact) mass is 862 g/mol.